The fraction of sp³-hybridized carbons (Fsp3) is 0.588. The molecule has 0 atom stereocenters. The second-order valence-corrected chi connectivity index (χ2v) is 5.44. The molecule has 0 aromatic heterocycles. The van der Waals surface area contributed by atoms with Crippen molar-refractivity contribution in [1.29, 1.82) is 0 Å². The average molecular weight is 308 g/mol. The van der Waals surface area contributed by atoms with Crippen molar-refractivity contribution in [3.8, 4) is 0 Å². The summed E-state index contributed by atoms with van der Waals surface area (Å²) in [6, 6.07) is 7.28. The number of nitrogens with zero attached hydrogens (tertiary/aromatic N) is 2. The van der Waals surface area contributed by atoms with Gasteiger partial charge in [-0.05, 0) is 33.4 Å². The van der Waals surface area contributed by atoms with Gasteiger partial charge >= 0.3 is 0 Å². The van der Waals surface area contributed by atoms with Crippen molar-refractivity contribution in [2.24, 2.45) is 4.99 Å². The maximum Gasteiger partial charge on any atom is 0.191 e. The van der Waals surface area contributed by atoms with Gasteiger partial charge < -0.3 is 10.6 Å². The molecule has 0 amide bonds. The Hall–Kier alpha value is -1.62. The number of nitrogens with one attached hydrogen (secondary N) is 2. The summed E-state index contributed by atoms with van der Waals surface area (Å²) < 4.78 is 13.6. The fourth-order valence-electron chi connectivity index (χ4n) is 2.23. The van der Waals surface area contributed by atoms with Crippen molar-refractivity contribution in [2.75, 3.05) is 26.2 Å². The number of halogens is 1. The van der Waals surface area contributed by atoms with Crippen molar-refractivity contribution >= 4 is 5.96 Å². The molecular weight excluding hydrogens is 279 g/mol. The van der Waals surface area contributed by atoms with E-state index in [4.69, 9.17) is 0 Å². The summed E-state index contributed by atoms with van der Waals surface area (Å²) in [5.41, 5.74) is 0.608. The second kappa shape index (κ2) is 10.2. The fourth-order valence-corrected chi connectivity index (χ4v) is 2.23. The largest absolute Gasteiger partial charge is 0.357 e. The number of likely N-dealkylation sites (N-methyl/N-ethyl adjacent to an activating group) is 1. The minimum atomic E-state index is -0.209. The zero-order valence-corrected chi connectivity index (χ0v) is 14.2. The first kappa shape index (κ1) is 18.4. The van der Waals surface area contributed by atoms with Crippen molar-refractivity contribution < 1.29 is 4.39 Å². The lowest BCUT2D eigenvalue weighted by Gasteiger charge is -2.25. The van der Waals surface area contributed by atoms with E-state index in [1.165, 1.54) is 6.07 Å². The molecule has 0 unspecified atom stereocenters. The van der Waals surface area contributed by atoms with Gasteiger partial charge in [0.25, 0.3) is 0 Å². The Morgan fingerprint density at radius 2 is 1.95 bits per heavy atom. The predicted octanol–water partition coefficient (Wildman–Crippen LogP) is 2.61. The highest BCUT2D eigenvalue weighted by atomic mass is 19.1. The maximum absolute atomic E-state index is 13.6. The molecule has 1 aromatic carbocycles. The average Bonchev–Trinajstić information content (AvgIpc) is 2.50. The molecule has 2 N–H and O–H groups in total. The number of hydrogen-bond acceptors (Lipinski definition) is 2. The number of rotatable bonds is 8. The van der Waals surface area contributed by atoms with Crippen molar-refractivity contribution in [3.63, 3.8) is 0 Å². The van der Waals surface area contributed by atoms with Crippen LogP contribution in [0.1, 0.15) is 33.3 Å². The summed E-state index contributed by atoms with van der Waals surface area (Å²) in [4.78, 5) is 6.83. The summed E-state index contributed by atoms with van der Waals surface area (Å²) >= 11 is 0. The number of hydrogen-bond donors (Lipinski definition) is 2. The molecule has 0 saturated heterocycles. The molecule has 124 valence electrons. The van der Waals surface area contributed by atoms with Crippen molar-refractivity contribution in [1.82, 2.24) is 15.5 Å². The van der Waals surface area contributed by atoms with Gasteiger partial charge in [0, 0.05) is 31.2 Å². The molecule has 0 aliphatic heterocycles. The van der Waals surface area contributed by atoms with Crippen LogP contribution in [-0.2, 0) is 6.54 Å². The summed E-state index contributed by atoms with van der Waals surface area (Å²) in [6.07, 6.45) is 0. The normalized spacial score (nSPS) is 12.0. The molecule has 1 aromatic rings. The Bertz CT molecular complexity index is 460. The molecule has 22 heavy (non-hydrogen) atoms. The first-order chi connectivity index (χ1) is 10.6. The summed E-state index contributed by atoms with van der Waals surface area (Å²) in [7, 11) is 0. The van der Waals surface area contributed by atoms with Gasteiger partial charge in [0.2, 0.25) is 0 Å². The van der Waals surface area contributed by atoms with E-state index in [0.29, 0.717) is 18.2 Å². The molecule has 0 heterocycles. The highest BCUT2D eigenvalue weighted by Crippen LogP contribution is 2.07. The van der Waals surface area contributed by atoms with Crippen LogP contribution in [0.3, 0.4) is 0 Å². The van der Waals surface area contributed by atoms with Gasteiger partial charge in [0.1, 0.15) is 5.82 Å². The maximum atomic E-state index is 13.6. The van der Waals surface area contributed by atoms with Crippen LogP contribution >= 0.6 is 0 Å². The van der Waals surface area contributed by atoms with Gasteiger partial charge in [-0.2, -0.15) is 0 Å². The highest BCUT2D eigenvalue weighted by molar-refractivity contribution is 5.79. The Kier molecular flexibility index (Phi) is 8.51. The van der Waals surface area contributed by atoms with Gasteiger partial charge in [-0.25, -0.2) is 9.38 Å². The van der Waals surface area contributed by atoms with Gasteiger partial charge in [-0.3, -0.25) is 4.90 Å². The van der Waals surface area contributed by atoms with Crippen LogP contribution < -0.4 is 10.6 Å². The van der Waals surface area contributed by atoms with Crippen molar-refractivity contribution in [3.05, 3.63) is 35.6 Å². The third-order valence-corrected chi connectivity index (χ3v) is 3.54. The zero-order valence-electron chi connectivity index (χ0n) is 14.2. The summed E-state index contributed by atoms with van der Waals surface area (Å²) in [6.45, 7) is 12.5. The summed E-state index contributed by atoms with van der Waals surface area (Å²) in [5.74, 6) is 0.518. The molecule has 0 fully saturated rings. The lowest BCUT2D eigenvalue weighted by molar-refractivity contribution is 0.237. The van der Waals surface area contributed by atoms with Crippen LogP contribution in [0.25, 0.3) is 0 Å². The molecule has 0 spiro atoms. The molecule has 0 aliphatic carbocycles. The van der Waals surface area contributed by atoms with Crippen LogP contribution in [0.4, 0.5) is 4.39 Å². The van der Waals surface area contributed by atoms with E-state index < -0.39 is 0 Å². The lowest BCUT2D eigenvalue weighted by Crippen LogP contribution is -2.43. The minimum Gasteiger partial charge on any atom is -0.357 e. The molecule has 4 nitrogen and oxygen atoms in total. The van der Waals surface area contributed by atoms with E-state index >= 15 is 0 Å². The van der Waals surface area contributed by atoms with Gasteiger partial charge in [0.15, 0.2) is 5.96 Å². The first-order valence-electron chi connectivity index (χ1n) is 8.08. The smallest absolute Gasteiger partial charge is 0.191 e. The zero-order chi connectivity index (χ0) is 16.4. The Morgan fingerprint density at radius 1 is 1.23 bits per heavy atom. The van der Waals surface area contributed by atoms with E-state index in [1.54, 1.807) is 12.1 Å². The SMILES string of the molecule is CCNC(=NCc1ccccc1F)NCCN(CC)C(C)C. The second-order valence-electron chi connectivity index (χ2n) is 5.44. The molecule has 1 rings (SSSR count). The highest BCUT2D eigenvalue weighted by Gasteiger charge is 2.06. The van der Waals surface area contributed by atoms with Crippen LogP contribution in [0.15, 0.2) is 29.3 Å². The first-order valence-corrected chi connectivity index (χ1v) is 8.08. The quantitative estimate of drug-likeness (QED) is 0.573. The van der Waals surface area contributed by atoms with Gasteiger partial charge in [-0.1, -0.05) is 25.1 Å². The van der Waals surface area contributed by atoms with E-state index in [2.05, 4.69) is 41.3 Å². The van der Waals surface area contributed by atoms with Crippen LogP contribution in [0, 0.1) is 5.82 Å². The van der Waals surface area contributed by atoms with Crippen LogP contribution in [-0.4, -0.2) is 43.1 Å². The Morgan fingerprint density at radius 3 is 2.55 bits per heavy atom. The molecule has 0 aliphatic rings. The third-order valence-electron chi connectivity index (χ3n) is 3.54. The molecule has 0 radical (unpaired) electrons. The van der Waals surface area contributed by atoms with E-state index in [1.807, 2.05) is 13.0 Å². The molecule has 0 saturated carbocycles. The number of guanidine groups is 1. The van der Waals surface area contributed by atoms with Gasteiger partial charge in [-0.15, -0.1) is 0 Å². The van der Waals surface area contributed by atoms with E-state index in [-0.39, 0.29) is 5.82 Å². The van der Waals surface area contributed by atoms with Gasteiger partial charge in [0.05, 0.1) is 6.54 Å². The standard InChI is InChI=1S/C17H29FN4/c1-5-19-17(20-11-12-22(6-2)14(3)4)21-13-15-9-7-8-10-16(15)18/h7-10,14H,5-6,11-13H2,1-4H3,(H2,19,20,21). The lowest BCUT2D eigenvalue weighted by atomic mass is 10.2. The summed E-state index contributed by atoms with van der Waals surface area (Å²) in [5, 5.41) is 6.50. The predicted molar refractivity (Wildman–Crippen MR) is 91.6 cm³/mol. The van der Waals surface area contributed by atoms with Crippen LogP contribution in [0.2, 0.25) is 0 Å². The topological polar surface area (TPSA) is 39.7 Å². The Balaban J connectivity index is 2.54. The third kappa shape index (κ3) is 6.43. The number of aliphatic imine (C=N–C) groups is 1. The van der Waals surface area contributed by atoms with Crippen LogP contribution in [0.5, 0.6) is 0 Å². The number of benzene rings is 1. The molecule has 5 heteroatoms. The van der Waals surface area contributed by atoms with E-state index in [9.17, 15) is 4.39 Å². The molecular formula is C17H29FN4. The van der Waals surface area contributed by atoms with E-state index in [0.717, 1.165) is 32.1 Å². The van der Waals surface area contributed by atoms with Crippen molar-refractivity contribution in [2.45, 2.75) is 40.3 Å². The molecule has 0 bridgehead atoms. The monoisotopic (exact) mass is 308 g/mol. The Labute approximate surface area is 133 Å². The minimum absolute atomic E-state index is 0.209.